The topological polar surface area (TPSA) is 17.8 Å². The molecular weight excluding hydrogens is 187 g/mol. The first-order valence-corrected chi connectivity index (χ1v) is 4.82. The van der Waals surface area contributed by atoms with Crippen LogP contribution in [0.4, 0.5) is 3.89 Å². The maximum atomic E-state index is 12.5. The highest BCUT2D eigenvalue weighted by Crippen LogP contribution is 2.31. The smallest absolute Gasteiger partial charge is 0.0831 e. The SMILES string of the molecule is FSC1=C(n2cccn2)CCC=C1. The Balaban J connectivity index is 2.39. The first kappa shape index (κ1) is 8.56. The summed E-state index contributed by atoms with van der Waals surface area (Å²) in [5.41, 5.74) is 0.944. The fraction of sp³-hybridized carbons (Fsp3) is 0.222. The van der Waals surface area contributed by atoms with Crippen molar-refractivity contribution in [1.29, 1.82) is 0 Å². The lowest BCUT2D eigenvalue weighted by molar-refractivity contribution is 0.834. The highest BCUT2D eigenvalue weighted by atomic mass is 32.2. The van der Waals surface area contributed by atoms with E-state index >= 15 is 0 Å². The van der Waals surface area contributed by atoms with Crippen molar-refractivity contribution in [2.45, 2.75) is 12.8 Å². The molecule has 0 saturated heterocycles. The van der Waals surface area contributed by atoms with Gasteiger partial charge >= 0.3 is 0 Å². The number of allylic oxidation sites excluding steroid dienone is 3. The number of aromatic nitrogens is 2. The molecule has 0 saturated carbocycles. The van der Waals surface area contributed by atoms with Gasteiger partial charge in [-0.15, -0.1) is 0 Å². The Morgan fingerprint density at radius 2 is 2.46 bits per heavy atom. The lowest BCUT2D eigenvalue weighted by Crippen LogP contribution is -2.01. The molecule has 1 heterocycles. The van der Waals surface area contributed by atoms with E-state index in [1.165, 1.54) is 0 Å². The second-order valence-electron chi connectivity index (χ2n) is 2.78. The Hall–Kier alpha value is -1.03. The first-order chi connectivity index (χ1) is 6.42. The average molecular weight is 196 g/mol. The maximum Gasteiger partial charge on any atom is 0.0831 e. The number of rotatable bonds is 2. The van der Waals surface area contributed by atoms with Crippen molar-refractivity contribution in [3.05, 3.63) is 35.5 Å². The largest absolute Gasteiger partial charge is 0.244 e. The molecule has 0 aliphatic heterocycles. The van der Waals surface area contributed by atoms with E-state index in [0.29, 0.717) is 4.91 Å². The second-order valence-corrected chi connectivity index (χ2v) is 3.37. The lowest BCUT2D eigenvalue weighted by Gasteiger charge is -2.12. The van der Waals surface area contributed by atoms with Gasteiger partial charge in [-0.3, -0.25) is 0 Å². The third-order valence-electron chi connectivity index (χ3n) is 1.97. The van der Waals surface area contributed by atoms with E-state index in [1.54, 1.807) is 10.9 Å². The summed E-state index contributed by atoms with van der Waals surface area (Å²) in [7, 11) is 0. The molecule has 68 valence electrons. The molecule has 1 aromatic rings. The van der Waals surface area contributed by atoms with E-state index < -0.39 is 0 Å². The Morgan fingerprint density at radius 1 is 1.54 bits per heavy atom. The molecule has 0 radical (unpaired) electrons. The highest BCUT2D eigenvalue weighted by Gasteiger charge is 2.10. The Kier molecular flexibility index (Phi) is 2.49. The van der Waals surface area contributed by atoms with Crippen LogP contribution in [0.3, 0.4) is 0 Å². The van der Waals surface area contributed by atoms with Crippen LogP contribution in [0.5, 0.6) is 0 Å². The van der Waals surface area contributed by atoms with Crippen LogP contribution in [-0.2, 0) is 0 Å². The monoisotopic (exact) mass is 196 g/mol. The zero-order valence-corrected chi connectivity index (χ0v) is 7.80. The minimum absolute atomic E-state index is 0.284. The molecule has 1 aromatic heterocycles. The number of nitrogens with zero attached hydrogens (tertiary/aromatic N) is 2. The van der Waals surface area contributed by atoms with Gasteiger partial charge in [0.05, 0.1) is 22.8 Å². The van der Waals surface area contributed by atoms with Gasteiger partial charge < -0.3 is 0 Å². The Bertz CT molecular complexity index is 341. The summed E-state index contributed by atoms with van der Waals surface area (Å²) in [5.74, 6) is 0. The Morgan fingerprint density at radius 3 is 3.15 bits per heavy atom. The summed E-state index contributed by atoms with van der Waals surface area (Å²) >= 11 is 0.284. The molecule has 0 atom stereocenters. The molecule has 0 amide bonds. The second kappa shape index (κ2) is 3.79. The maximum absolute atomic E-state index is 12.5. The predicted octanol–water partition coefficient (Wildman–Crippen LogP) is 3.02. The van der Waals surface area contributed by atoms with Crippen LogP contribution >= 0.6 is 12.1 Å². The summed E-state index contributed by atoms with van der Waals surface area (Å²) in [6.07, 6.45) is 9.14. The van der Waals surface area contributed by atoms with Gasteiger partial charge in [-0.25, -0.2) is 4.68 Å². The van der Waals surface area contributed by atoms with Gasteiger partial charge in [-0.1, -0.05) is 6.08 Å². The van der Waals surface area contributed by atoms with Gasteiger partial charge in [0, 0.05) is 12.4 Å². The molecule has 2 rings (SSSR count). The molecule has 0 bridgehead atoms. The van der Waals surface area contributed by atoms with E-state index in [4.69, 9.17) is 0 Å². The van der Waals surface area contributed by atoms with Crippen LogP contribution in [0, 0.1) is 0 Å². The van der Waals surface area contributed by atoms with Crippen molar-refractivity contribution < 1.29 is 3.89 Å². The van der Waals surface area contributed by atoms with Crippen molar-refractivity contribution in [1.82, 2.24) is 9.78 Å². The summed E-state index contributed by atoms with van der Waals surface area (Å²) in [4.78, 5) is 0.662. The van der Waals surface area contributed by atoms with Gasteiger partial charge in [0.15, 0.2) is 0 Å². The summed E-state index contributed by atoms with van der Waals surface area (Å²) in [6.45, 7) is 0. The quantitative estimate of drug-likeness (QED) is 0.723. The molecule has 0 spiro atoms. The van der Waals surface area contributed by atoms with E-state index in [0.717, 1.165) is 18.5 Å². The molecule has 13 heavy (non-hydrogen) atoms. The van der Waals surface area contributed by atoms with E-state index in [-0.39, 0.29) is 12.1 Å². The first-order valence-electron chi connectivity index (χ1n) is 4.10. The molecule has 0 unspecified atom stereocenters. The summed E-state index contributed by atoms with van der Waals surface area (Å²) < 4.78 is 14.2. The summed E-state index contributed by atoms with van der Waals surface area (Å²) in [5, 5.41) is 4.08. The molecule has 4 heteroatoms. The molecule has 0 fully saturated rings. The van der Waals surface area contributed by atoms with Crippen LogP contribution in [0.1, 0.15) is 12.8 Å². The van der Waals surface area contributed by atoms with E-state index in [1.807, 2.05) is 24.4 Å². The van der Waals surface area contributed by atoms with Gasteiger partial charge in [-0.05, 0) is 25.0 Å². The molecular formula is C9H9FN2S. The van der Waals surface area contributed by atoms with Crippen LogP contribution in [0.25, 0.3) is 5.70 Å². The van der Waals surface area contributed by atoms with Gasteiger partial charge in [0.1, 0.15) is 0 Å². The van der Waals surface area contributed by atoms with E-state index in [9.17, 15) is 3.89 Å². The number of hydrogen-bond donors (Lipinski definition) is 0. The molecule has 0 N–H and O–H groups in total. The predicted molar refractivity (Wildman–Crippen MR) is 52.5 cm³/mol. The standard InChI is InChI=1S/C9H9FN2S/c10-13-9-5-2-1-4-8(9)12-7-3-6-11-12/h2-3,5-7H,1,4H2. The van der Waals surface area contributed by atoms with Crippen molar-refractivity contribution in [3.63, 3.8) is 0 Å². The van der Waals surface area contributed by atoms with Crippen LogP contribution in [0.15, 0.2) is 35.5 Å². The van der Waals surface area contributed by atoms with Crippen LogP contribution in [-0.4, -0.2) is 9.78 Å². The van der Waals surface area contributed by atoms with Crippen molar-refractivity contribution >= 4 is 17.8 Å². The van der Waals surface area contributed by atoms with Gasteiger partial charge in [0.2, 0.25) is 0 Å². The van der Waals surface area contributed by atoms with Gasteiger partial charge in [0.25, 0.3) is 0 Å². The highest BCUT2D eigenvalue weighted by molar-refractivity contribution is 7.98. The normalized spacial score (nSPS) is 16.7. The van der Waals surface area contributed by atoms with Crippen LogP contribution in [0.2, 0.25) is 0 Å². The zero-order valence-electron chi connectivity index (χ0n) is 6.98. The van der Waals surface area contributed by atoms with Crippen molar-refractivity contribution in [3.8, 4) is 0 Å². The molecule has 1 aliphatic rings. The number of halogens is 1. The zero-order chi connectivity index (χ0) is 9.10. The Labute approximate surface area is 80.4 Å². The molecule has 1 aliphatic carbocycles. The van der Waals surface area contributed by atoms with E-state index in [2.05, 4.69) is 5.10 Å². The molecule has 0 aromatic carbocycles. The van der Waals surface area contributed by atoms with Crippen LogP contribution < -0.4 is 0 Å². The third-order valence-corrected chi connectivity index (χ3v) is 2.50. The summed E-state index contributed by atoms with van der Waals surface area (Å²) in [6, 6.07) is 1.84. The minimum Gasteiger partial charge on any atom is -0.244 e. The number of hydrogen-bond acceptors (Lipinski definition) is 2. The third kappa shape index (κ3) is 1.67. The molecule has 2 nitrogen and oxygen atoms in total. The minimum atomic E-state index is 0.284. The fourth-order valence-electron chi connectivity index (χ4n) is 1.36. The fourth-order valence-corrected chi connectivity index (χ4v) is 1.79. The van der Waals surface area contributed by atoms with Gasteiger partial charge in [-0.2, -0.15) is 8.98 Å². The average Bonchev–Trinajstić information content (AvgIpc) is 2.70. The van der Waals surface area contributed by atoms with Crippen molar-refractivity contribution in [2.24, 2.45) is 0 Å². The van der Waals surface area contributed by atoms with Crippen molar-refractivity contribution in [2.75, 3.05) is 0 Å². The lowest BCUT2D eigenvalue weighted by atomic mass is 10.1.